The molecule has 0 aliphatic carbocycles. The summed E-state index contributed by atoms with van der Waals surface area (Å²) in [6.07, 6.45) is 2.33. The van der Waals surface area contributed by atoms with Crippen molar-refractivity contribution in [2.24, 2.45) is 5.92 Å². The first-order valence-electron chi connectivity index (χ1n) is 7.26. The Morgan fingerprint density at radius 2 is 2.16 bits per heavy atom. The minimum absolute atomic E-state index is 0.00378. The molecule has 5 heteroatoms. The molecule has 0 spiro atoms. The summed E-state index contributed by atoms with van der Waals surface area (Å²) in [5.74, 6) is 2.49. The lowest BCUT2D eigenvalue weighted by molar-refractivity contribution is -0.134. The maximum absolute atomic E-state index is 12.5. The molecular formula is C14H26N2O2S. The predicted octanol–water partition coefficient (Wildman–Crippen LogP) is 1.89. The van der Waals surface area contributed by atoms with Crippen molar-refractivity contribution in [2.75, 3.05) is 24.6 Å². The van der Waals surface area contributed by atoms with Crippen LogP contribution in [0.1, 0.15) is 40.0 Å². The standard InChI is InChI=1S/C14H26N2O2S/c1-4-11(3)13-14(18)16(8-6-10-19-5-2)9-7-12(17)15-13/h11,13H,4-10H2,1-3H3,(H,15,17). The van der Waals surface area contributed by atoms with Gasteiger partial charge >= 0.3 is 0 Å². The Balaban J connectivity index is 2.59. The maximum atomic E-state index is 12.5. The lowest BCUT2D eigenvalue weighted by Crippen LogP contribution is -2.48. The van der Waals surface area contributed by atoms with Gasteiger partial charge in [0.2, 0.25) is 11.8 Å². The highest BCUT2D eigenvalue weighted by Crippen LogP contribution is 2.15. The minimum atomic E-state index is -0.334. The topological polar surface area (TPSA) is 49.4 Å². The number of carbonyl (C=O) groups is 2. The smallest absolute Gasteiger partial charge is 0.245 e. The van der Waals surface area contributed by atoms with Crippen molar-refractivity contribution in [1.82, 2.24) is 10.2 Å². The number of carbonyl (C=O) groups excluding carboxylic acids is 2. The van der Waals surface area contributed by atoms with Crippen LogP contribution in [0.3, 0.4) is 0 Å². The molecule has 0 aromatic carbocycles. The van der Waals surface area contributed by atoms with Crippen molar-refractivity contribution < 1.29 is 9.59 Å². The number of rotatable bonds is 7. The summed E-state index contributed by atoms with van der Waals surface area (Å²) >= 11 is 1.89. The number of nitrogens with zero attached hydrogens (tertiary/aromatic N) is 1. The Hall–Kier alpha value is -0.710. The molecule has 4 nitrogen and oxygen atoms in total. The van der Waals surface area contributed by atoms with Gasteiger partial charge in [0, 0.05) is 19.5 Å². The average Bonchev–Trinajstić information content (AvgIpc) is 2.55. The van der Waals surface area contributed by atoms with E-state index in [9.17, 15) is 9.59 Å². The van der Waals surface area contributed by atoms with Gasteiger partial charge in [-0.25, -0.2) is 0 Å². The second kappa shape index (κ2) is 8.46. The summed E-state index contributed by atoms with van der Waals surface area (Å²) in [6.45, 7) is 7.56. The molecular weight excluding hydrogens is 260 g/mol. The SMILES string of the molecule is CCSCCCN1CCC(=O)NC(C(C)CC)C1=O. The zero-order valence-electron chi connectivity index (χ0n) is 12.3. The van der Waals surface area contributed by atoms with E-state index in [1.807, 2.05) is 23.6 Å². The fourth-order valence-corrected chi connectivity index (χ4v) is 2.82. The van der Waals surface area contributed by atoms with Gasteiger partial charge in [-0.2, -0.15) is 11.8 Å². The molecule has 0 aromatic rings. The highest BCUT2D eigenvalue weighted by Gasteiger charge is 2.32. The number of nitrogens with one attached hydrogen (secondary N) is 1. The van der Waals surface area contributed by atoms with Gasteiger partial charge in [0.05, 0.1) is 0 Å². The first-order chi connectivity index (χ1) is 9.10. The van der Waals surface area contributed by atoms with Crippen molar-refractivity contribution >= 4 is 23.6 Å². The molecule has 1 aliphatic heterocycles. The van der Waals surface area contributed by atoms with Crippen LogP contribution in [-0.4, -0.2) is 47.4 Å². The summed E-state index contributed by atoms with van der Waals surface area (Å²) < 4.78 is 0. The van der Waals surface area contributed by atoms with Crippen LogP contribution in [0, 0.1) is 5.92 Å². The molecule has 0 aromatic heterocycles. The van der Waals surface area contributed by atoms with Crippen LogP contribution < -0.4 is 5.32 Å². The highest BCUT2D eigenvalue weighted by molar-refractivity contribution is 7.99. The van der Waals surface area contributed by atoms with Gasteiger partial charge in [0.1, 0.15) is 6.04 Å². The van der Waals surface area contributed by atoms with Gasteiger partial charge in [0.15, 0.2) is 0 Å². The third kappa shape index (κ3) is 5.05. The Labute approximate surface area is 120 Å². The molecule has 0 bridgehead atoms. The Bertz CT molecular complexity index is 310. The van der Waals surface area contributed by atoms with E-state index in [1.165, 1.54) is 0 Å². The van der Waals surface area contributed by atoms with Gasteiger partial charge in [0.25, 0.3) is 0 Å². The monoisotopic (exact) mass is 286 g/mol. The third-order valence-electron chi connectivity index (χ3n) is 3.64. The van der Waals surface area contributed by atoms with E-state index in [2.05, 4.69) is 19.2 Å². The van der Waals surface area contributed by atoms with Crippen molar-refractivity contribution in [3.63, 3.8) is 0 Å². The fourth-order valence-electron chi connectivity index (χ4n) is 2.20. The van der Waals surface area contributed by atoms with Gasteiger partial charge < -0.3 is 10.2 Å². The van der Waals surface area contributed by atoms with Crippen molar-refractivity contribution in [3.8, 4) is 0 Å². The molecule has 1 saturated heterocycles. The summed E-state index contributed by atoms with van der Waals surface area (Å²) in [4.78, 5) is 26.0. The summed E-state index contributed by atoms with van der Waals surface area (Å²) in [5.41, 5.74) is 0. The summed E-state index contributed by atoms with van der Waals surface area (Å²) in [7, 11) is 0. The highest BCUT2D eigenvalue weighted by atomic mass is 32.2. The lowest BCUT2D eigenvalue weighted by atomic mass is 9.98. The minimum Gasteiger partial charge on any atom is -0.344 e. The third-order valence-corrected chi connectivity index (χ3v) is 4.62. The molecule has 2 amide bonds. The number of amides is 2. The Kier molecular flexibility index (Phi) is 7.28. The molecule has 19 heavy (non-hydrogen) atoms. The van der Waals surface area contributed by atoms with Gasteiger partial charge in [-0.1, -0.05) is 27.2 Å². The maximum Gasteiger partial charge on any atom is 0.245 e. The van der Waals surface area contributed by atoms with E-state index in [0.29, 0.717) is 13.0 Å². The Morgan fingerprint density at radius 3 is 2.79 bits per heavy atom. The molecule has 1 heterocycles. The second-order valence-corrected chi connectivity index (χ2v) is 6.45. The zero-order chi connectivity index (χ0) is 14.3. The summed E-state index contributed by atoms with van der Waals surface area (Å²) in [5, 5.41) is 2.88. The average molecular weight is 286 g/mol. The van der Waals surface area contributed by atoms with E-state index in [-0.39, 0.29) is 23.8 Å². The largest absolute Gasteiger partial charge is 0.344 e. The van der Waals surface area contributed by atoms with Gasteiger partial charge in [-0.15, -0.1) is 0 Å². The molecule has 1 aliphatic rings. The van der Waals surface area contributed by atoms with E-state index in [4.69, 9.17) is 0 Å². The number of hydrogen-bond donors (Lipinski definition) is 1. The molecule has 0 saturated carbocycles. The Morgan fingerprint density at radius 1 is 1.42 bits per heavy atom. The second-order valence-electron chi connectivity index (χ2n) is 5.06. The first-order valence-corrected chi connectivity index (χ1v) is 8.41. The molecule has 1 N–H and O–H groups in total. The van der Waals surface area contributed by atoms with Crippen LogP contribution in [0.5, 0.6) is 0 Å². The zero-order valence-corrected chi connectivity index (χ0v) is 13.1. The van der Waals surface area contributed by atoms with Crippen molar-refractivity contribution in [1.29, 1.82) is 0 Å². The lowest BCUT2D eigenvalue weighted by Gasteiger charge is -2.27. The van der Waals surface area contributed by atoms with Gasteiger partial charge in [-0.3, -0.25) is 9.59 Å². The number of hydrogen-bond acceptors (Lipinski definition) is 3. The van der Waals surface area contributed by atoms with Crippen molar-refractivity contribution in [3.05, 3.63) is 0 Å². The molecule has 110 valence electrons. The van der Waals surface area contributed by atoms with E-state index in [0.717, 1.165) is 30.9 Å². The normalized spacial score (nSPS) is 22.1. The van der Waals surface area contributed by atoms with Crippen LogP contribution >= 0.6 is 11.8 Å². The molecule has 1 fully saturated rings. The van der Waals surface area contributed by atoms with E-state index in [1.54, 1.807) is 0 Å². The van der Waals surface area contributed by atoms with Crippen LogP contribution in [0.25, 0.3) is 0 Å². The van der Waals surface area contributed by atoms with E-state index < -0.39 is 0 Å². The van der Waals surface area contributed by atoms with Gasteiger partial charge in [-0.05, 0) is 23.8 Å². The molecule has 2 unspecified atom stereocenters. The van der Waals surface area contributed by atoms with Crippen molar-refractivity contribution in [2.45, 2.75) is 46.1 Å². The predicted molar refractivity (Wildman–Crippen MR) is 80.2 cm³/mol. The van der Waals surface area contributed by atoms with Crippen LogP contribution in [0.4, 0.5) is 0 Å². The molecule has 0 radical (unpaired) electrons. The first kappa shape index (κ1) is 16.3. The summed E-state index contributed by atoms with van der Waals surface area (Å²) in [6, 6.07) is -0.334. The van der Waals surface area contributed by atoms with Crippen LogP contribution in [-0.2, 0) is 9.59 Å². The quantitative estimate of drug-likeness (QED) is 0.727. The molecule has 2 atom stereocenters. The number of thioether (sulfide) groups is 1. The van der Waals surface area contributed by atoms with Crippen LogP contribution in [0.15, 0.2) is 0 Å². The molecule has 1 rings (SSSR count). The fraction of sp³-hybridized carbons (Fsp3) is 0.857. The van der Waals surface area contributed by atoms with E-state index >= 15 is 0 Å². The van der Waals surface area contributed by atoms with Crippen LogP contribution in [0.2, 0.25) is 0 Å².